The molecule has 2 aliphatic heterocycles. The molecule has 1 atom stereocenters. The molecule has 0 spiro atoms. The third-order valence-electron chi connectivity index (χ3n) is 5.21. The molecule has 146 valence electrons. The van der Waals surface area contributed by atoms with Crippen molar-refractivity contribution in [2.75, 3.05) is 59.0 Å². The van der Waals surface area contributed by atoms with Crippen LogP contribution >= 0.6 is 0 Å². The summed E-state index contributed by atoms with van der Waals surface area (Å²) < 4.78 is 5.30. The van der Waals surface area contributed by atoms with Crippen molar-refractivity contribution in [1.82, 2.24) is 25.3 Å². The van der Waals surface area contributed by atoms with Crippen LogP contribution in [0, 0.1) is 0 Å². The largest absolute Gasteiger partial charge is 0.379 e. The third-order valence-corrected chi connectivity index (χ3v) is 5.21. The number of hydrogen-bond acceptors (Lipinski definition) is 6. The first kappa shape index (κ1) is 19.1. The van der Waals surface area contributed by atoms with E-state index >= 15 is 0 Å². The number of ether oxygens (including phenoxy) is 1. The number of morpholine rings is 1. The molecular formula is C17H29N5O4. The number of piperazine rings is 1. The van der Waals surface area contributed by atoms with E-state index in [9.17, 15) is 14.4 Å². The summed E-state index contributed by atoms with van der Waals surface area (Å²) in [5.41, 5.74) is 0. The van der Waals surface area contributed by atoms with Crippen LogP contribution in [0.4, 0.5) is 4.79 Å². The molecule has 3 aliphatic rings. The molecule has 4 amide bonds. The van der Waals surface area contributed by atoms with Crippen LogP contribution in [0.25, 0.3) is 0 Å². The number of hydrogen-bond donors (Lipinski definition) is 2. The molecule has 2 heterocycles. The number of rotatable bonds is 5. The zero-order chi connectivity index (χ0) is 18.5. The lowest BCUT2D eigenvalue weighted by Gasteiger charge is -2.38. The van der Waals surface area contributed by atoms with Crippen molar-refractivity contribution in [2.45, 2.75) is 31.8 Å². The monoisotopic (exact) mass is 367 g/mol. The molecule has 26 heavy (non-hydrogen) atoms. The average Bonchev–Trinajstić information content (AvgIpc) is 3.45. The molecule has 3 fully saturated rings. The molecule has 1 saturated carbocycles. The molecular weight excluding hydrogens is 338 g/mol. The van der Waals surface area contributed by atoms with Gasteiger partial charge in [-0.1, -0.05) is 0 Å². The van der Waals surface area contributed by atoms with Gasteiger partial charge in [0, 0.05) is 45.3 Å². The van der Waals surface area contributed by atoms with Gasteiger partial charge in [0.1, 0.15) is 0 Å². The van der Waals surface area contributed by atoms with Crippen LogP contribution in [0.5, 0.6) is 0 Å². The fourth-order valence-corrected chi connectivity index (χ4v) is 3.24. The van der Waals surface area contributed by atoms with Gasteiger partial charge in [-0.3, -0.25) is 24.7 Å². The van der Waals surface area contributed by atoms with Crippen LogP contribution in [0.3, 0.4) is 0 Å². The van der Waals surface area contributed by atoms with Gasteiger partial charge in [0.05, 0.1) is 25.8 Å². The smallest absolute Gasteiger partial charge is 0.321 e. The summed E-state index contributed by atoms with van der Waals surface area (Å²) in [4.78, 5) is 42.3. The van der Waals surface area contributed by atoms with E-state index in [1.54, 1.807) is 6.92 Å². The highest BCUT2D eigenvalue weighted by atomic mass is 16.5. The van der Waals surface area contributed by atoms with E-state index in [0.29, 0.717) is 45.9 Å². The van der Waals surface area contributed by atoms with E-state index in [1.165, 1.54) is 0 Å². The zero-order valence-corrected chi connectivity index (χ0v) is 15.4. The summed E-state index contributed by atoms with van der Waals surface area (Å²) in [6.45, 7) is 7.67. The topological polar surface area (TPSA) is 94.2 Å². The highest BCUT2D eigenvalue weighted by Crippen LogP contribution is 2.18. The lowest BCUT2D eigenvalue weighted by atomic mass is 10.2. The second kappa shape index (κ2) is 8.79. The van der Waals surface area contributed by atoms with Crippen molar-refractivity contribution in [1.29, 1.82) is 0 Å². The Morgan fingerprint density at radius 1 is 1.04 bits per heavy atom. The van der Waals surface area contributed by atoms with Crippen molar-refractivity contribution in [2.24, 2.45) is 0 Å². The van der Waals surface area contributed by atoms with E-state index in [0.717, 1.165) is 25.9 Å². The van der Waals surface area contributed by atoms with Crippen LogP contribution in [-0.4, -0.2) is 104 Å². The van der Waals surface area contributed by atoms with Crippen molar-refractivity contribution >= 4 is 17.8 Å². The summed E-state index contributed by atoms with van der Waals surface area (Å²) in [7, 11) is 0. The SMILES string of the molecule is C[C@@H](C(=O)NC(=O)NC1CC1)N1CCN(C(=O)CN2CCOCC2)CC1. The predicted octanol–water partition coefficient (Wildman–Crippen LogP) is -1.16. The Kier molecular flexibility index (Phi) is 6.44. The van der Waals surface area contributed by atoms with Gasteiger partial charge in [0.2, 0.25) is 11.8 Å². The molecule has 0 bridgehead atoms. The number of nitrogens with one attached hydrogen (secondary N) is 2. The minimum atomic E-state index is -0.413. The van der Waals surface area contributed by atoms with E-state index in [1.807, 2.05) is 9.80 Å². The second-order valence-corrected chi connectivity index (χ2v) is 7.22. The minimum Gasteiger partial charge on any atom is -0.379 e. The van der Waals surface area contributed by atoms with Gasteiger partial charge in [-0.05, 0) is 19.8 Å². The van der Waals surface area contributed by atoms with E-state index in [-0.39, 0.29) is 17.9 Å². The summed E-state index contributed by atoms with van der Waals surface area (Å²) in [5, 5.41) is 5.15. The minimum absolute atomic E-state index is 0.132. The maximum absolute atomic E-state index is 12.4. The van der Waals surface area contributed by atoms with Gasteiger partial charge in [0.25, 0.3) is 0 Å². The predicted molar refractivity (Wildman–Crippen MR) is 94.6 cm³/mol. The first-order chi connectivity index (χ1) is 12.5. The van der Waals surface area contributed by atoms with Crippen LogP contribution in [0.1, 0.15) is 19.8 Å². The molecule has 1 aliphatic carbocycles. The van der Waals surface area contributed by atoms with Crippen LogP contribution in [0.2, 0.25) is 0 Å². The average molecular weight is 367 g/mol. The number of nitrogens with zero attached hydrogens (tertiary/aromatic N) is 3. The normalized spacial score (nSPS) is 23.3. The van der Waals surface area contributed by atoms with Gasteiger partial charge in [-0.15, -0.1) is 0 Å². The standard InChI is InChI=1S/C17H29N5O4/c1-13(16(24)19-17(25)18-14-2-3-14)21-4-6-22(7-5-21)15(23)12-20-8-10-26-11-9-20/h13-14H,2-12H2,1H3,(H2,18,19,24,25)/t13-/m0/s1. The van der Waals surface area contributed by atoms with Crippen molar-refractivity contribution < 1.29 is 19.1 Å². The third kappa shape index (κ3) is 5.39. The first-order valence-corrected chi connectivity index (χ1v) is 9.46. The Labute approximate surface area is 154 Å². The van der Waals surface area contributed by atoms with Crippen molar-refractivity contribution in [3.8, 4) is 0 Å². The van der Waals surface area contributed by atoms with Crippen LogP contribution < -0.4 is 10.6 Å². The highest BCUT2D eigenvalue weighted by molar-refractivity contribution is 5.97. The maximum Gasteiger partial charge on any atom is 0.321 e. The number of amides is 4. The summed E-state index contributed by atoms with van der Waals surface area (Å²) >= 11 is 0. The van der Waals surface area contributed by atoms with E-state index in [2.05, 4.69) is 15.5 Å². The molecule has 0 radical (unpaired) electrons. The number of imide groups is 1. The molecule has 2 N–H and O–H groups in total. The van der Waals surface area contributed by atoms with Gasteiger partial charge in [0.15, 0.2) is 0 Å². The Balaban J connectivity index is 1.38. The number of carbonyl (C=O) groups excluding carboxylic acids is 3. The number of carbonyl (C=O) groups is 3. The number of urea groups is 1. The molecule has 0 unspecified atom stereocenters. The summed E-state index contributed by atoms with van der Waals surface area (Å²) in [5.74, 6) is -0.163. The molecule has 0 aromatic carbocycles. The summed E-state index contributed by atoms with van der Waals surface area (Å²) in [6.07, 6.45) is 1.97. The van der Waals surface area contributed by atoms with Crippen LogP contribution in [0.15, 0.2) is 0 Å². The quantitative estimate of drug-likeness (QED) is 0.637. The Morgan fingerprint density at radius 2 is 1.69 bits per heavy atom. The maximum atomic E-state index is 12.4. The molecule has 0 aromatic rings. The molecule has 9 nitrogen and oxygen atoms in total. The lowest BCUT2D eigenvalue weighted by Crippen LogP contribution is -2.57. The molecule has 2 saturated heterocycles. The van der Waals surface area contributed by atoms with Crippen molar-refractivity contribution in [3.05, 3.63) is 0 Å². The Morgan fingerprint density at radius 3 is 2.31 bits per heavy atom. The second-order valence-electron chi connectivity index (χ2n) is 7.22. The van der Waals surface area contributed by atoms with E-state index < -0.39 is 12.1 Å². The molecule has 9 heteroatoms. The molecule has 0 aromatic heterocycles. The highest BCUT2D eigenvalue weighted by Gasteiger charge is 2.30. The fourth-order valence-electron chi connectivity index (χ4n) is 3.24. The van der Waals surface area contributed by atoms with Gasteiger partial charge >= 0.3 is 6.03 Å². The van der Waals surface area contributed by atoms with Crippen molar-refractivity contribution in [3.63, 3.8) is 0 Å². The van der Waals surface area contributed by atoms with Gasteiger partial charge in [-0.2, -0.15) is 0 Å². The summed E-state index contributed by atoms with van der Waals surface area (Å²) in [6, 6.07) is -0.584. The lowest BCUT2D eigenvalue weighted by molar-refractivity contribution is -0.136. The fraction of sp³-hybridized carbons (Fsp3) is 0.824. The van der Waals surface area contributed by atoms with Crippen LogP contribution in [-0.2, 0) is 14.3 Å². The Bertz CT molecular complexity index is 525. The van der Waals surface area contributed by atoms with E-state index in [4.69, 9.17) is 4.74 Å². The van der Waals surface area contributed by atoms with Gasteiger partial charge in [-0.25, -0.2) is 4.79 Å². The zero-order valence-electron chi connectivity index (χ0n) is 15.4. The Hall–Kier alpha value is -1.71. The molecule has 3 rings (SSSR count). The first-order valence-electron chi connectivity index (χ1n) is 9.46. The van der Waals surface area contributed by atoms with Gasteiger partial charge < -0.3 is 15.0 Å².